The van der Waals surface area contributed by atoms with Crippen LogP contribution < -0.4 is 0 Å². The lowest BCUT2D eigenvalue weighted by Gasteiger charge is -2.17. The lowest BCUT2D eigenvalue weighted by atomic mass is 10.00. The standard InChI is InChI=1S/C52H90O5/c1-4-7-10-13-16-19-21-23-25-27-29-32-35-38-41-44-51(54)56-47-49(46-50(53)43-40-37-34-31-18-15-12-9-6-3)48-57-52(55)45-42-39-36-33-30-28-26-24-22-20-17-14-11-8-5-2/h7,9-10,12,16,19,23-26,49H,4-6,8,11,13-15,17-18,20-22,27-48H2,1-3H3/b10-7-,12-9-,19-16-,25-23-,26-24-. The summed E-state index contributed by atoms with van der Waals surface area (Å²) in [6.07, 6.45) is 57.2. The Morgan fingerprint density at radius 3 is 1.18 bits per heavy atom. The van der Waals surface area contributed by atoms with Crippen LogP contribution >= 0.6 is 0 Å². The molecule has 5 heteroatoms. The van der Waals surface area contributed by atoms with Crippen molar-refractivity contribution in [3.63, 3.8) is 0 Å². The monoisotopic (exact) mass is 795 g/mol. The predicted molar refractivity (Wildman–Crippen MR) is 245 cm³/mol. The molecule has 0 fully saturated rings. The van der Waals surface area contributed by atoms with Crippen molar-refractivity contribution in [1.29, 1.82) is 0 Å². The number of Topliss-reactive ketones (excluding diaryl/α,β-unsaturated/α-hetero) is 1. The number of rotatable bonds is 43. The fourth-order valence-corrected chi connectivity index (χ4v) is 6.78. The molecule has 0 aromatic carbocycles. The summed E-state index contributed by atoms with van der Waals surface area (Å²) in [7, 11) is 0. The smallest absolute Gasteiger partial charge is 0.305 e. The second-order valence-corrected chi connectivity index (χ2v) is 16.1. The van der Waals surface area contributed by atoms with E-state index in [9.17, 15) is 14.4 Å². The summed E-state index contributed by atoms with van der Waals surface area (Å²) in [4.78, 5) is 38.1. The summed E-state index contributed by atoms with van der Waals surface area (Å²) in [5.74, 6) is -0.553. The molecule has 0 N–H and O–H groups in total. The van der Waals surface area contributed by atoms with Gasteiger partial charge < -0.3 is 9.47 Å². The molecular formula is C52H90O5. The van der Waals surface area contributed by atoms with Gasteiger partial charge in [-0.3, -0.25) is 14.4 Å². The highest BCUT2D eigenvalue weighted by Gasteiger charge is 2.19. The van der Waals surface area contributed by atoms with Gasteiger partial charge in [0.1, 0.15) is 5.78 Å². The molecule has 0 rings (SSSR count). The molecule has 1 unspecified atom stereocenters. The highest BCUT2D eigenvalue weighted by Crippen LogP contribution is 2.16. The van der Waals surface area contributed by atoms with Crippen molar-refractivity contribution >= 4 is 17.7 Å². The molecule has 0 saturated heterocycles. The van der Waals surface area contributed by atoms with E-state index in [0.717, 1.165) is 103 Å². The van der Waals surface area contributed by atoms with E-state index >= 15 is 0 Å². The highest BCUT2D eigenvalue weighted by atomic mass is 16.5. The van der Waals surface area contributed by atoms with E-state index in [0.29, 0.717) is 19.3 Å². The molecule has 0 spiro atoms. The minimum atomic E-state index is -0.286. The molecule has 0 radical (unpaired) electrons. The van der Waals surface area contributed by atoms with Gasteiger partial charge >= 0.3 is 11.9 Å². The molecule has 0 aromatic rings. The van der Waals surface area contributed by atoms with Gasteiger partial charge in [0.2, 0.25) is 0 Å². The Kier molecular flexibility index (Phi) is 43.8. The third kappa shape index (κ3) is 44.3. The van der Waals surface area contributed by atoms with Crippen molar-refractivity contribution in [2.75, 3.05) is 13.2 Å². The maximum atomic E-state index is 12.9. The summed E-state index contributed by atoms with van der Waals surface area (Å²) in [5, 5.41) is 0. The van der Waals surface area contributed by atoms with Crippen LogP contribution in [0.5, 0.6) is 0 Å². The highest BCUT2D eigenvalue weighted by molar-refractivity contribution is 5.78. The first-order valence-corrected chi connectivity index (χ1v) is 24.1. The lowest BCUT2D eigenvalue weighted by molar-refractivity contribution is -0.150. The molecule has 0 bridgehead atoms. The first kappa shape index (κ1) is 54.3. The van der Waals surface area contributed by atoms with E-state index in [-0.39, 0.29) is 43.3 Å². The van der Waals surface area contributed by atoms with E-state index in [2.05, 4.69) is 81.5 Å². The molecule has 0 aliphatic rings. The molecule has 0 aliphatic heterocycles. The van der Waals surface area contributed by atoms with Crippen LogP contribution in [0.25, 0.3) is 0 Å². The zero-order chi connectivity index (χ0) is 41.5. The van der Waals surface area contributed by atoms with Gasteiger partial charge in [-0.1, -0.05) is 171 Å². The molecule has 0 aromatic heterocycles. The van der Waals surface area contributed by atoms with Crippen LogP contribution in [0.2, 0.25) is 0 Å². The van der Waals surface area contributed by atoms with Gasteiger partial charge in [0.05, 0.1) is 13.2 Å². The molecule has 0 aliphatic carbocycles. The summed E-state index contributed by atoms with van der Waals surface area (Å²) in [6.45, 7) is 6.84. The van der Waals surface area contributed by atoms with Crippen molar-refractivity contribution < 1.29 is 23.9 Å². The van der Waals surface area contributed by atoms with E-state index in [1.54, 1.807) is 0 Å². The van der Waals surface area contributed by atoms with Crippen molar-refractivity contribution in [2.24, 2.45) is 5.92 Å². The number of hydrogen-bond acceptors (Lipinski definition) is 5. The zero-order valence-corrected chi connectivity index (χ0v) is 37.6. The zero-order valence-electron chi connectivity index (χ0n) is 37.6. The first-order chi connectivity index (χ1) is 28.0. The second-order valence-electron chi connectivity index (χ2n) is 16.1. The topological polar surface area (TPSA) is 69.7 Å². The summed E-state index contributed by atoms with van der Waals surface area (Å²) >= 11 is 0. The number of carbonyl (C=O) groups excluding carboxylic acids is 3. The molecule has 0 saturated carbocycles. The largest absolute Gasteiger partial charge is 0.465 e. The molecule has 1 atom stereocenters. The van der Waals surface area contributed by atoms with Gasteiger partial charge in [0.25, 0.3) is 0 Å². The van der Waals surface area contributed by atoms with Gasteiger partial charge in [0.15, 0.2) is 0 Å². The van der Waals surface area contributed by atoms with Crippen molar-refractivity contribution in [2.45, 2.75) is 233 Å². The lowest BCUT2D eigenvalue weighted by Crippen LogP contribution is -2.23. The molecular weight excluding hydrogens is 705 g/mol. The average Bonchev–Trinajstić information content (AvgIpc) is 3.21. The van der Waals surface area contributed by atoms with Crippen LogP contribution in [-0.4, -0.2) is 30.9 Å². The SMILES string of the molecule is CC/C=C\C/C=C\C/C=C\CCCCCCCC(=O)OCC(COC(=O)CCCCCCC/C=C\CCCCCCCC)CC(=O)CCCCCCC/C=C\CC. The van der Waals surface area contributed by atoms with Gasteiger partial charge in [-0.25, -0.2) is 0 Å². The number of esters is 2. The maximum absolute atomic E-state index is 12.9. The van der Waals surface area contributed by atoms with Gasteiger partial charge in [0, 0.05) is 31.6 Å². The van der Waals surface area contributed by atoms with Crippen LogP contribution in [0.1, 0.15) is 233 Å². The number of ketones is 1. The molecule has 57 heavy (non-hydrogen) atoms. The predicted octanol–water partition coefficient (Wildman–Crippen LogP) is 16.0. The number of allylic oxidation sites excluding steroid dienone is 10. The van der Waals surface area contributed by atoms with E-state index < -0.39 is 0 Å². The number of unbranched alkanes of at least 4 members (excludes halogenated alkanes) is 21. The van der Waals surface area contributed by atoms with Crippen LogP contribution in [0, 0.1) is 5.92 Å². The number of ether oxygens (including phenoxy) is 2. The number of carbonyl (C=O) groups is 3. The third-order valence-corrected chi connectivity index (χ3v) is 10.4. The first-order valence-electron chi connectivity index (χ1n) is 24.1. The van der Waals surface area contributed by atoms with Gasteiger partial charge in [-0.2, -0.15) is 0 Å². The quantitative estimate of drug-likeness (QED) is 0.0349. The summed E-state index contributed by atoms with van der Waals surface area (Å²) in [6, 6.07) is 0. The Hall–Kier alpha value is -2.69. The van der Waals surface area contributed by atoms with Crippen molar-refractivity contribution in [3.05, 3.63) is 60.8 Å². The van der Waals surface area contributed by atoms with Gasteiger partial charge in [-0.05, 0) is 96.3 Å². The molecule has 328 valence electrons. The van der Waals surface area contributed by atoms with Crippen LogP contribution in [0.3, 0.4) is 0 Å². The summed E-state index contributed by atoms with van der Waals surface area (Å²) in [5.41, 5.74) is 0. The fourth-order valence-electron chi connectivity index (χ4n) is 6.78. The van der Waals surface area contributed by atoms with Crippen LogP contribution in [0.15, 0.2) is 60.8 Å². The molecule has 5 nitrogen and oxygen atoms in total. The Labute approximate surface area is 353 Å². The minimum Gasteiger partial charge on any atom is -0.465 e. The Balaban J connectivity index is 4.36. The normalized spacial score (nSPS) is 12.6. The minimum absolute atomic E-state index is 0.132. The van der Waals surface area contributed by atoms with E-state index in [1.807, 2.05) is 0 Å². The maximum Gasteiger partial charge on any atom is 0.305 e. The van der Waals surface area contributed by atoms with E-state index in [1.165, 1.54) is 83.5 Å². The molecule has 0 amide bonds. The Morgan fingerprint density at radius 2 is 0.719 bits per heavy atom. The summed E-state index contributed by atoms with van der Waals surface area (Å²) < 4.78 is 11.3. The molecule has 0 heterocycles. The van der Waals surface area contributed by atoms with Crippen LogP contribution in [-0.2, 0) is 23.9 Å². The van der Waals surface area contributed by atoms with Gasteiger partial charge in [-0.15, -0.1) is 0 Å². The Morgan fingerprint density at radius 1 is 0.386 bits per heavy atom. The van der Waals surface area contributed by atoms with Crippen molar-refractivity contribution in [3.8, 4) is 0 Å². The number of hydrogen-bond donors (Lipinski definition) is 0. The average molecular weight is 795 g/mol. The Bertz CT molecular complexity index is 1050. The van der Waals surface area contributed by atoms with Crippen LogP contribution in [0.4, 0.5) is 0 Å². The fraction of sp³-hybridized carbons (Fsp3) is 0.750. The van der Waals surface area contributed by atoms with Crippen molar-refractivity contribution in [1.82, 2.24) is 0 Å². The van der Waals surface area contributed by atoms with E-state index in [4.69, 9.17) is 9.47 Å². The second kappa shape index (κ2) is 46.0. The third-order valence-electron chi connectivity index (χ3n) is 10.4.